The van der Waals surface area contributed by atoms with Gasteiger partial charge in [-0.05, 0) is 64.7 Å². The molecule has 0 aromatic carbocycles. The molecule has 0 bridgehead atoms. The number of carbonyl (C=O) groups excluding carboxylic acids is 2. The molecule has 0 spiro atoms. The number of Topliss-reactive ketones (excluding diaryl/α,β-unsaturated/α-hetero) is 1. The van der Waals surface area contributed by atoms with Crippen molar-refractivity contribution < 1.29 is 19.4 Å². The molecule has 3 atom stereocenters. The van der Waals surface area contributed by atoms with Gasteiger partial charge < -0.3 is 9.84 Å². The standard InChI is InChI=1S/C23H40O4/c1-4-6-8-12-20(24)16-14-19-15-17-22(25)21(19)13-10-7-9-11-18(3)23(26)27-5-2/h11,19-21,24H,4-10,12-17H2,1-3H3/t19-,20?,21+/m0/s1. The van der Waals surface area contributed by atoms with Crippen LogP contribution in [-0.2, 0) is 14.3 Å². The molecule has 0 aromatic rings. The highest BCUT2D eigenvalue weighted by Crippen LogP contribution is 2.36. The zero-order valence-corrected chi connectivity index (χ0v) is 17.7. The van der Waals surface area contributed by atoms with Crippen molar-refractivity contribution in [3.8, 4) is 0 Å². The van der Waals surface area contributed by atoms with Crippen LogP contribution in [-0.4, -0.2) is 29.6 Å². The molecule has 1 rings (SSSR count). The molecule has 1 aliphatic rings. The summed E-state index contributed by atoms with van der Waals surface area (Å²) in [5.41, 5.74) is 0.670. The van der Waals surface area contributed by atoms with Crippen molar-refractivity contribution >= 4 is 11.8 Å². The lowest BCUT2D eigenvalue weighted by atomic mass is 9.86. The van der Waals surface area contributed by atoms with E-state index in [1.165, 1.54) is 12.8 Å². The first-order chi connectivity index (χ1) is 13.0. The number of ketones is 1. The first-order valence-electron chi connectivity index (χ1n) is 11.0. The molecule has 0 aromatic heterocycles. The third kappa shape index (κ3) is 9.55. The maximum absolute atomic E-state index is 12.2. The first kappa shape index (κ1) is 23.9. The molecule has 4 nitrogen and oxygen atoms in total. The Kier molecular flexibility index (Phi) is 12.3. The highest BCUT2D eigenvalue weighted by Gasteiger charge is 2.33. The fourth-order valence-electron chi connectivity index (χ4n) is 4.06. The number of aliphatic hydroxyl groups excluding tert-OH is 1. The van der Waals surface area contributed by atoms with E-state index >= 15 is 0 Å². The summed E-state index contributed by atoms with van der Waals surface area (Å²) in [4.78, 5) is 23.8. The lowest BCUT2D eigenvalue weighted by molar-refractivity contribution is -0.138. The normalized spacial score (nSPS) is 21.5. The summed E-state index contributed by atoms with van der Waals surface area (Å²) in [5.74, 6) is 0.817. The average molecular weight is 381 g/mol. The van der Waals surface area contributed by atoms with Gasteiger partial charge in [-0.3, -0.25) is 4.79 Å². The Bertz CT molecular complexity index is 469. The van der Waals surface area contributed by atoms with Gasteiger partial charge in [-0.25, -0.2) is 4.79 Å². The first-order valence-corrected chi connectivity index (χ1v) is 11.0. The van der Waals surface area contributed by atoms with Crippen LogP contribution in [0.1, 0.15) is 97.8 Å². The summed E-state index contributed by atoms with van der Waals surface area (Å²) in [7, 11) is 0. The van der Waals surface area contributed by atoms with E-state index in [9.17, 15) is 14.7 Å². The molecule has 1 fully saturated rings. The molecular formula is C23H40O4. The van der Waals surface area contributed by atoms with Crippen LogP contribution in [0.5, 0.6) is 0 Å². The van der Waals surface area contributed by atoms with Crippen molar-refractivity contribution in [1.82, 2.24) is 0 Å². The van der Waals surface area contributed by atoms with Gasteiger partial charge in [0.2, 0.25) is 0 Å². The van der Waals surface area contributed by atoms with E-state index in [0.29, 0.717) is 30.3 Å². The summed E-state index contributed by atoms with van der Waals surface area (Å²) in [6.07, 6.45) is 13.4. The Balaban J connectivity index is 2.28. The second-order valence-corrected chi connectivity index (χ2v) is 7.99. The van der Waals surface area contributed by atoms with E-state index in [-0.39, 0.29) is 18.0 Å². The predicted molar refractivity (Wildman–Crippen MR) is 109 cm³/mol. The van der Waals surface area contributed by atoms with Crippen LogP contribution in [0.15, 0.2) is 11.6 Å². The zero-order chi connectivity index (χ0) is 20.1. The number of allylic oxidation sites excluding steroid dienone is 1. The predicted octanol–water partition coefficient (Wildman–Crippen LogP) is 5.37. The number of aliphatic hydroxyl groups is 1. The fraction of sp³-hybridized carbons (Fsp3) is 0.826. The fourth-order valence-corrected chi connectivity index (χ4v) is 4.06. The van der Waals surface area contributed by atoms with Crippen molar-refractivity contribution in [3.05, 3.63) is 11.6 Å². The number of hydrogen-bond donors (Lipinski definition) is 1. The number of unbranched alkanes of at least 4 members (excludes halogenated alkanes) is 4. The Morgan fingerprint density at radius 2 is 1.96 bits per heavy atom. The molecular weight excluding hydrogens is 340 g/mol. The minimum atomic E-state index is -0.235. The maximum Gasteiger partial charge on any atom is 0.333 e. The van der Waals surface area contributed by atoms with Gasteiger partial charge in [0.05, 0.1) is 12.7 Å². The number of hydrogen-bond acceptors (Lipinski definition) is 4. The maximum atomic E-state index is 12.2. The summed E-state index contributed by atoms with van der Waals surface area (Å²) >= 11 is 0. The second-order valence-electron chi connectivity index (χ2n) is 7.99. The number of carbonyl (C=O) groups is 2. The Labute approximate surface area is 165 Å². The molecule has 156 valence electrons. The highest BCUT2D eigenvalue weighted by molar-refractivity contribution is 5.87. The topological polar surface area (TPSA) is 63.6 Å². The zero-order valence-electron chi connectivity index (χ0n) is 17.7. The molecule has 0 amide bonds. The van der Waals surface area contributed by atoms with Crippen molar-refractivity contribution in [2.45, 2.75) is 104 Å². The van der Waals surface area contributed by atoms with Gasteiger partial charge in [0.25, 0.3) is 0 Å². The Morgan fingerprint density at radius 3 is 2.67 bits per heavy atom. The molecule has 4 heteroatoms. The summed E-state index contributed by atoms with van der Waals surface area (Å²) in [6.45, 7) is 6.18. The van der Waals surface area contributed by atoms with Crippen LogP contribution in [0.4, 0.5) is 0 Å². The van der Waals surface area contributed by atoms with Gasteiger partial charge in [0.15, 0.2) is 0 Å². The molecule has 0 aliphatic heterocycles. The molecule has 27 heavy (non-hydrogen) atoms. The van der Waals surface area contributed by atoms with Gasteiger partial charge in [-0.2, -0.15) is 0 Å². The van der Waals surface area contributed by atoms with Crippen LogP contribution < -0.4 is 0 Å². The average Bonchev–Trinajstić information content (AvgIpc) is 3.00. The quantitative estimate of drug-likeness (QED) is 0.250. The Morgan fingerprint density at radius 1 is 1.19 bits per heavy atom. The van der Waals surface area contributed by atoms with Crippen molar-refractivity contribution in [3.63, 3.8) is 0 Å². The van der Waals surface area contributed by atoms with Crippen molar-refractivity contribution in [2.24, 2.45) is 11.8 Å². The molecule has 1 N–H and O–H groups in total. The third-order valence-corrected chi connectivity index (χ3v) is 5.77. The van der Waals surface area contributed by atoms with Crippen LogP contribution in [0, 0.1) is 11.8 Å². The van der Waals surface area contributed by atoms with Gasteiger partial charge in [-0.1, -0.05) is 38.7 Å². The van der Waals surface area contributed by atoms with Gasteiger partial charge in [0.1, 0.15) is 5.78 Å². The minimum absolute atomic E-state index is 0.183. The van der Waals surface area contributed by atoms with E-state index in [1.807, 2.05) is 13.0 Å². The Hall–Kier alpha value is -1.16. The van der Waals surface area contributed by atoms with Gasteiger partial charge in [0, 0.05) is 17.9 Å². The van der Waals surface area contributed by atoms with E-state index < -0.39 is 0 Å². The molecule has 1 aliphatic carbocycles. The highest BCUT2D eigenvalue weighted by atomic mass is 16.5. The van der Waals surface area contributed by atoms with E-state index in [2.05, 4.69) is 6.92 Å². The van der Waals surface area contributed by atoms with Gasteiger partial charge in [-0.15, -0.1) is 0 Å². The summed E-state index contributed by atoms with van der Waals surface area (Å²) in [6, 6.07) is 0. The number of esters is 1. The minimum Gasteiger partial charge on any atom is -0.463 e. The largest absolute Gasteiger partial charge is 0.463 e. The van der Waals surface area contributed by atoms with Crippen LogP contribution >= 0.6 is 0 Å². The van der Waals surface area contributed by atoms with Crippen molar-refractivity contribution in [1.29, 1.82) is 0 Å². The van der Waals surface area contributed by atoms with Crippen LogP contribution in [0.25, 0.3) is 0 Å². The third-order valence-electron chi connectivity index (χ3n) is 5.77. The molecule has 0 saturated heterocycles. The van der Waals surface area contributed by atoms with E-state index in [0.717, 1.165) is 57.8 Å². The SMILES string of the molecule is CCCCCC(O)CC[C@H]1CCC(=O)[C@@H]1CCCCC=C(C)C(=O)OCC. The summed E-state index contributed by atoms with van der Waals surface area (Å²) in [5, 5.41) is 10.1. The van der Waals surface area contributed by atoms with Gasteiger partial charge >= 0.3 is 5.97 Å². The smallest absolute Gasteiger partial charge is 0.333 e. The number of ether oxygens (including phenoxy) is 1. The molecule has 0 radical (unpaired) electrons. The molecule has 1 unspecified atom stereocenters. The molecule has 1 saturated carbocycles. The number of rotatable bonds is 14. The van der Waals surface area contributed by atoms with E-state index in [4.69, 9.17) is 4.74 Å². The van der Waals surface area contributed by atoms with Crippen LogP contribution in [0.3, 0.4) is 0 Å². The van der Waals surface area contributed by atoms with E-state index in [1.54, 1.807) is 6.92 Å². The van der Waals surface area contributed by atoms with Crippen LogP contribution in [0.2, 0.25) is 0 Å². The summed E-state index contributed by atoms with van der Waals surface area (Å²) < 4.78 is 4.97. The lowest BCUT2D eigenvalue weighted by Crippen LogP contribution is -2.17. The monoisotopic (exact) mass is 380 g/mol. The van der Waals surface area contributed by atoms with Crippen molar-refractivity contribution in [2.75, 3.05) is 6.61 Å². The second kappa shape index (κ2) is 13.9. The molecule has 0 heterocycles. The lowest BCUT2D eigenvalue weighted by Gasteiger charge is -2.20.